The monoisotopic (exact) mass is 333 g/mol. The molecular formula is C16H15NO5S-2. The van der Waals surface area contributed by atoms with Crippen LogP contribution in [0.4, 0.5) is 5.69 Å². The van der Waals surface area contributed by atoms with E-state index in [-0.39, 0.29) is 17.0 Å². The number of carboxylic acid groups (broad SMARTS) is 1. The maximum atomic E-state index is 12.3. The van der Waals surface area contributed by atoms with Crippen molar-refractivity contribution in [1.82, 2.24) is 0 Å². The molecule has 0 aliphatic heterocycles. The molecule has 0 N–H and O–H groups in total. The highest BCUT2D eigenvalue weighted by Gasteiger charge is 2.08. The smallest absolute Gasteiger partial charge is 0.123 e. The highest BCUT2D eigenvalue weighted by Crippen LogP contribution is 2.30. The fraction of sp³-hybridized carbons (Fsp3) is 0.188. The summed E-state index contributed by atoms with van der Waals surface area (Å²) in [5.41, 5.74) is 1.43. The minimum absolute atomic E-state index is 0.0645. The maximum absolute atomic E-state index is 12.3. The van der Waals surface area contributed by atoms with Crippen LogP contribution in [-0.4, -0.2) is 21.5 Å². The molecule has 6 nitrogen and oxygen atoms in total. The Morgan fingerprint density at radius 3 is 2.35 bits per heavy atom. The number of hydrogen-bond donors (Lipinski definition) is 0. The zero-order valence-electron chi connectivity index (χ0n) is 12.6. The summed E-state index contributed by atoms with van der Waals surface area (Å²) in [7, 11) is -2.35. The Hall–Kier alpha value is -2.54. The second kappa shape index (κ2) is 6.70. The number of hydrogen-bond acceptors (Lipinski definition) is 5. The van der Waals surface area contributed by atoms with E-state index in [9.17, 15) is 18.3 Å². The number of carboxylic acids is 1. The molecule has 0 aliphatic carbocycles. The molecule has 0 atom stereocenters. The van der Waals surface area contributed by atoms with E-state index < -0.39 is 16.0 Å². The average Bonchev–Trinajstić information content (AvgIpc) is 2.48. The van der Waals surface area contributed by atoms with Gasteiger partial charge >= 0.3 is 0 Å². The fourth-order valence-corrected chi connectivity index (χ4v) is 3.11. The number of aryl methyl sites for hydroxylation is 1. The number of aliphatic carboxylic acids is 1. The number of methoxy groups -OCH3 is 1. The van der Waals surface area contributed by atoms with E-state index in [0.717, 1.165) is 0 Å². The Morgan fingerprint density at radius 1 is 1.17 bits per heavy atom. The van der Waals surface area contributed by atoms with E-state index >= 15 is 0 Å². The molecule has 0 spiro atoms. The lowest BCUT2D eigenvalue weighted by atomic mass is 10.1. The molecule has 2 aromatic carbocycles. The van der Waals surface area contributed by atoms with E-state index in [0.29, 0.717) is 16.9 Å². The van der Waals surface area contributed by atoms with Crippen molar-refractivity contribution in [3.8, 4) is 5.75 Å². The summed E-state index contributed by atoms with van der Waals surface area (Å²) in [4.78, 5) is 10.6. The number of sulfonamides is 1. The molecule has 2 aromatic rings. The predicted octanol–water partition coefficient (Wildman–Crippen LogP) is 1.69. The van der Waals surface area contributed by atoms with Crippen molar-refractivity contribution >= 4 is 21.7 Å². The quantitative estimate of drug-likeness (QED) is 0.801. The van der Waals surface area contributed by atoms with Gasteiger partial charge in [-0.05, 0) is 36.2 Å². The molecule has 0 bridgehead atoms. The van der Waals surface area contributed by atoms with Crippen LogP contribution < -0.4 is 9.84 Å². The summed E-state index contributed by atoms with van der Waals surface area (Å²) in [6.07, 6.45) is -0.231. The molecule has 122 valence electrons. The van der Waals surface area contributed by atoms with Crippen LogP contribution in [0.3, 0.4) is 0 Å². The van der Waals surface area contributed by atoms with Gasteiger partial charge in [0.1, 0.15) is 15.8 Å². The van der Waals surface area contributed by atoms with Crippen LogP contribution in [0.2, 0.25) is 0 Å². The number of carbonyl (C=O) groups is 1. The maximum Gasteiger partial charge on any atom is 0.123 e. The Balaban J connectivity index is 2.20. The minimum atomic E-state index is -3.86. The van der Waals surface area contributed by atoms with E-state index in [1.807, 2.05) is 0 Å². The van der Waals surface area contributed by atoms with Crippen molar-refractivity contribution in [2.24, 2.45) is 0 Å². The van der Waals surface area contributed by atoms with Crippen LogP contribution in [0.1, 0.15) is 11.1 Å². The molecular weight excluding hydrogens is 318 g/mol. The van der Waals surface area contributed by atoms with Gasteiger partial charge in [-0.15, -0.1) is 5.69 Å². The van der Waals surface area contributed by atoms with Gasteiger partial charge in [-0.1, -0.05) is 24.3 Å². The summed E-state index contributed by atoms with van der Waals surface area (Å²) in [6.45, 7) is 1.74. The topological polar surface area (TPSA) is 97.6 Å². The van der Waals surface area contributed by atoms with Crippen molar-refractivity contribution < 1.29 is 23.1 Å². The van der Waals surface area contributed by atoms with Gasteiger partial charge in [0.25, 0.3) is 0 Å². The van der Waals surface area contributed by atoms with Gasteiger partial charge in [-0.2, -0.15) is 0 Å². The van der Waals surface area contributed by atoms with Crippen molar-refractivity contribution in [2.75, 3.05) is 7.11 Å². The zero-order chi connectivity index (χ0) is 17.0. The van der Waals surface area contributed by atoms with Crippen molar-refractivity contribution in [3.63, 3.8) is 0 Å². The molecule has 0 radical (unpaired) electrons. The molecule has 0 fully saturated rings. The second-order valence-corrected chi connectivity index (χ2v) is 6.52. The van der Waals surface area contributed by atoms with Gasteiger partial charge in [-0.25, -0.2) is 8.42 Å². The third-order valence-corrected chi connectivity index (χ3v) is 4.48. The third-order valence-electron chi connectivity index (χ3n) is 3.17. The molecule has 7 heteroatoms. The van der Waals surface area contributed by atoms with Crippen LogP contribution in [0.25, 0.3) is 4.72 Å². The fourth-order valence-electron chi connectivity index (χ4n) is 2.04. The van der Waals surface area contributed by atoms with Crippen molar-refractivity contribution in [1.29, 1.82) is 0 Å². The Labute approximate surface area is 134 Å². The predicted molar refractivity (Wildman–Crippen MR) is 83.1 cm³/mol. The average molecular weight is 333 g/mol. The lowest BCUT2D eigenvalue weighted by molar-refractivity contribution is -0.304. The van der Waals surface area contributed by atoms with Crippen molar-refractivity contribution in [2.45, 2.75) is 18.2 Å². The number of rotatable bonds is 6. The Kier molecular flexibility index (Phi) is 4.90. The highest BCUT2D eigenvalue weighted by molar-refractivity contribution is 7.94. The van der Waals surface area contributed by atoms with E-state index in [1.54, 1.807) is 13.0 Å². The first-order valence-corrected chi connectivity index (χ1v) is 8.17. The number of ether oxygens (including phenoxy) is 1. The number of carbonyl (C=O) groups excluding carboxylic acids is 1. The van der Waals surface area contributed by atoms with Crippen LogP contribution in [0.15, 0.2) is 47.4 Å². The number of nitrogens with zero attached hydrogens (tertiary/aromatic N) is 1. The minimum Gasteiger partial charge on any atom is -0.573 e. The van der Waals surface area contributed by atoms with E-state index in [1.165, 1.54) is 43.5 Å². The Morgan fingerprint density at radius 2 is 1.83 bits per heavy atom. The summed E-state index contributed by atoms with van der Waals surface area (Å²) in [5, 5.41) is 10.5. The summed E-state index contributed by atoms with van der Waals surface area (Å²) >= 11 is 0. The van der Waals surface area contributed by atoms with Gasteiger partial charge in [0.05, 0.1) is 12.0 Å². The molecule has 0 saturated carbocycles. The molecule has 0 saturated heterocycles. The first-order valence-electron chi connectivity index (χ1n) is 6.73. The lowest BCUT2D eigenvalue weighted by Gasteiger charge is -2.22. The second-order valence-electron chi connectivity index (χ2n) is 4.91. The van der Waals surface area contributed by atoms with Crippen LogP contribution in [0, 0.1) is 6.92 Å². The highest BCUT2D eigenvalue weighted by atomic mass is 32.2. The number of benzene rings is 2. The molecule has 23 heavy (non-hydrogen) atoms. The van der Waals surface area contributed by atoms with Gasteiger partial charge in [0.2, 0.25) is 0 Å². The molecule has 0 aliphatic rings. The van der Waals surface area contributed by atoms with Crippen LogP contribution >= 0.6 is 0 Å². The third kappa shape index (κ3) is 4.23. The molecule has 0 heterocycles. The molecule has 0 aromatic heterocycles. The van der Waals surface area contributed by atoms with E-state index in [2.05, 4.69) is 4.72 Å². The van der Waals surface area contributed by atoms with Crippen LogP contribution in [-0.2, 0) is 21.2 Å². The van der Waals surface area contributed by atoms with Gasteiger partial charge in [0, 0.05) is 12.4 Å². The SMILES string of the molecule is COc1ccc(S(=O)(=O)[N-]c2ccc(CC(=O)[O-])cc2)cc1C. The molecule has 0 amide bonds. The largest absolute Gasteiger partial charge is 0.573 e. The first-order chi connectivity index (χ1) is 10.8. The van der Waals surface area contributed by atoms with Gasteiger partial charge in [0.15, 0.2) is 0 Å². The van der Waals surface area contributed by atoms with Crippen molar-refractivity contribution in [3.05, 3.63) is 58.3 Å². The standard InChI is InChI=1S/C16H16NO5S/c1-11-9-14(7-8-15(11)22-2)23(20,21)17-13-5-3-12(4-6-13)10-16(18)19/h3-9H,10H2,1-2H3,(H,18,19)/q-1/p-1. The summed E-state index contributed by atoms with van der Waals surface area (Å²) in [6, 6.07) is 10.4. The summed E-state index contributed by atoms with van der Waals surface area (Å²) in [5.74, 6) is -0.605. The van der Waals surface area contributed by atoms with Gasteiger partial charge < -0.3 is 19.4 Å². The molecule has 0 unspecified atom stereocenters. The van der Waals surface area contributed by atoms with E-state index in [4.69, 9.17) is 4.74 Å². The summed E-state index contributed by atoms with van der Waals surface area (Å²) < 4.78 is 33.5. The normalized spacial score (nSPS) is 11.0. The van der Waals surface area contributed by atoms with Gasteiger partial charge in [-0.3, -0.25) is 0 Å². The van der Waals surface area contributed by atoms with Crippen LogP contribution in [0.5, 0.6) is 5.75 Å². The Bertz CT molecular complexity index is 813. The first kappa shape index (κ1) is 16.8. The lowest BCUT2D eigenvalue weighted by Crippen LogP contribution is -2.24. The zero-order valence-corrected chi connectivity index (χ0v) is 13.5. The molecule has 2 rings (SSSR count).